The van der Waals surface area contributed by atoms with Gasteiger partial charge in [-0.3, -0.25) is 4.79 Å². The molecule has 0 radical (unpaired) electrons. The highest BCUT2D eigenvalue weighted by molar-refractivity contribution is 15.0. The van der Waals surface area contributed by atoms with Crippen molar-refractivity contribution in [3.63, 3.8) is 0 Å². The van der Waals surface area contributed by atoms with E-state index in [2.05, 4.69) is 58.0 Å². The second kappa shape index (κ2) is 6.39. The molecule has 0 saturated heterocycles. The van der Waals surface area contributed by atoms with Crippen LogP contribution in [0.1, 0.15) is 45.1 Å². The summed E-state index contributed by atoms with van der Waals surface area (Å²) >= 11 is 4.24. The van der Waals surface area contributed by atoms with Crippen molar-refractivity contribution in [1.82, 2.24) is 0 Å². The molecular formula is C15H20I2O2. The molecule has 0 fully saturated rings. The highest BCUT2D eigenvalue weighted by Crippen LogP contribution is 2.41. The molecule has 1 aliphatic carbocycles. The van der Waals surface area contributed by atoms with Gasteiger partial charge in [0, 0.05) is 42.8 Å². The smallest absolute Gasteiger partial charge is 0.171 e. The number of halogens is 2. The summed E-state index contributed by atoms with van der Waals surface area (Å²) in [5.74, 6) is 0.110. The van der Waals surface area contributed by atoms with Crippen molar-refractivity contribution >= 4 is 43.0 Å². The zero-order valence-electron chi connectivity index (χ0n) is 12.0. The topological polar surface area (TPSA) is 37.3 Å². The lowest BCUT2D eigenvalue weighted by atomic mass is 9.87. The molecule has 1 N–H and O–H groups in total. The van der Waals surface area contributed by atoms with Gasteiger partial charge < -0.3 is 5.11 Å². The average molecular weight is 486 g/mol. The maximum absolute atomic E-state index is 12.4. The molecule has 0 aromatic heterocycles. The standard InChI is InChI=1S/C15H20O2.I2/c1-8-9(2)11(4)13-12(10(8)3)6-15(5,7-16)14(13)17;1-2/h16H,6-7H2,1-5H3;. The minimum absolute atomic E-state index is 0.0719. The van der Waals surface area contributed by atoms with Crippen LogP contribution in [0.2, 0.25) is 0 Å². The van der Waals surface area contributed by atoms with Crippen LogP contribution in [0.15, 0.2) is 0 Å². The normalized spacial score (nSPS) is 20.9. The monoisotopic (exact) mass is 486 g/mol. The van der Waals surface area contributed by atoms with E-state index in [0.29, 0.717) is 6.42 Å². The predicted molar refractivity (Wildman–Crippen MR) is 96.7 cm³/mol. The molecule has 4 heteroatoms. The molecule has 106 valence electrons. The number of rotatable bonds is 1. The lowest BCUT2D eigenvalue weighted by Gasteiger charge is -2.17. The van der Waals surface area contributed by atoms with Crippen LogP contribution in [0.25, 0.3) is 0 Å². The Morgan fingerprint density at radius 3 is 2.00 bits per heavy atom. The number of carbonyl (C=O) groups is 1. The van der Waals surface area contributed by atoms with Gasteiger partial charge in [0.15, 0.2) is 5.78 Å². The highest BCUT2D eigenvalue weighted by atomic mass is 128. The number of Topliss-reactive ketones (excluding diaryl/α,β-unsaturated/α-hetero) is 1. The third-order valence-electron chi connectivity index (χ3n) is 4.51. The Kier molecular flexibility index (Phi) is 5.84. The Bertz CT molecular complexity index is 524. The molecule has 0 amide bonds. The average Bonchev–Trinajstić information content (AvgIpc) is 2.70. The molecular weight excluding hydrogens is 466 g/mol. The summed E-state index contributed by atoms with van der Waals surface area (Å²) in [6, 6.07) is 0. The molecule has 1 aromatic rings. The van der Waals surface area contributed by atoms with Crippen LogP contribution >= 0.6 is 37.2 Å². The van der Waals surface area contributed by atoms with Gasteiger partial charge in [0.05, 0.1) is 12.0 Å². The fraction of sp³-hybridized carbons (Fsp3) is 0.533. The van der Waals surface area contributed by atoms with E-state index in [0.717, 1.165) is 16.7 Å². The van der Waals surface area contributed by atoms with Gasteiger partial charge in [0.2, 0.25) is 0 Å². The molecule has 1 unspecified atom stereocenters. The van der Waals surface area contributed by atoms with E-state index in [-0.39, 0.29) is 12.4 Å². The Morgan fingerprint density at radius 2 is 1.53 bits per heavy atom. The first-order chi connectivity index (χ1) is 8.83. The first kappa shape index (κ1) is 17.4. The van der Waals surface area contributed by atoms with Crippen LogP contribution in [-0.2, 0) is 6.42 Å². The molecule has 0 spiro atoms. The van der Waals surface area contributed by atoms with Crippen LogP contribution in [0.3, 0.4) is 0 Å². The van der Waals surface area contributed by atoms with Gasteiger partial charge >= 0.3 is 0 Å². The zero-order chi connectivity index (χ0) is 15.0. The summed E-state index contributed by atoms with van der Waals surface area (Å²) in [6.07, 6.45) is 0.672. The van der Waals surface area contributed by atoms with Crippen LogP contribution in [0.5, 0.6) is 0 Å². The molecule has 2 nitrogen and oxygen atoms in total. The lowest BCUT2D eigenvalue weighted by molar-refractivity contribution is 0.0722. The molecule has 0 bridgehead atoms. The summed E-state index contributed by atoms with van der Waals surface area (Å²) in [7, 11) is 0. The molecule has 0 saturated carbocycles. The Balaban J connectivity index is 0.000000861. The minimum Gasteiger partial charge on any atom is -0.395 e. The highest BCUT2D eigenvalue weighted by Gasteiger charge is 2.43. The number of hydrogen-bond donors (Lipinski definition) is 1. The molecule has 0 aliphatic heterocycles. The van der Waals surface area contributed by atoms with Gasteiger partial charge in [0.25, 0.3) is 0 Å². The number of ketones is 1. The van der Waals surface area contributed by atoms with Gasteiger partial charge in [-0.05, 0) is 68.9 Å². The largest absolute Gasteiger partial charge is 0.395 e. The van der Waals surface area contributed by atoms with Crippen molar-refractivity contribution in [3.8, 4) is 0 Å². The summed E-state index contributed by atoms with van der Waals surface area (Å²) in [5.41, 5.74) is 6.18. The van der Waals surface area contributed by atoms with Crippen molar-refractivity contribution in [2.45, 2.75) is 41.0 Å². The number of aliphatic hydroxyl groups is 1. The molecule has 0 heterocycles. The van der Waals surface area contributed by atoms with Crippen molar-refractivity contribution in [3.05, 3.63) is 33.4 Å². The van der Waals surface area contributed by atoms with E-state index < -0.39 is 5.41 Å². The Labute approximate surface area is 138 Å². The minimum atomic E-state index is -0.613. The van der Waals surface area contributed by atoms with Gasteiger partial charge in [-0.15, -0.1) is 0 Å². The number of hydrogen-bond acceptors (Lipinski definition) is 2. The van der Waals surface area contributed by atoms with Crippen molar-refractivity contribution in [1.29, 1.82) is 0 Å². The van der Waals surface area contributed by atoms with Crippen LogP contribution in [0.4, 0.5) is 0 Å². The maximum atomic E-state index is 12.4. The van der Waals surface area contributed by atoms with Crippen molar-refractivity contribution in [2.24, 2.45) is 5.41 Å². The van der Waals surface area contributed by atoms with Crippen molar-refractivity contribution < 1.29 is 9.90 Å². The lowest BCUT2D eigenvalue weighted by Crippen LogP contribution is -2.28. The fourth-order valence-electron chi connectivity index (χ4n) is 2.82. The van der Waals surface area contributed by atoms with Crippen LogP contribution < -0.4 is 0 Å². The third-order valence-corrected chi connectivity index (χ3v) is 4.51. The quantitative estimate of drug-likeness (QED) is 0.597. The Hall–Kier alpha value is 0.310. The second-order valence-electron chi connectivity index (χ2n) is 5.58. The van der Waals surface area contributed by atoms with Gasteiger partial charge in [-0.1, -0.05) is 0 Å². The first-order valence-corrected chi connectivity index (χ1v) is 12.5. The van der Waals surface area contributed by atoms with E-state index in [1.165, 1.54) is 16.7 Å². The van der Waals surface area contributed by atoms with Crippen molar-refractivity contribution in [2.75, 3.05) is 6.61 Å². The molecule has 1 aromatic carbocycles. The molecule has 19 heavy (non-hydrogen) atoms. The number of carbonyl (C=O) groups excluding carboxylic acids is 1. The SMILES string of the molecule is Cc1c(C)c(C)c2c(c1C)CC(C)(CO)C2=O.II. The van der Waals surface area contributed by atoms with E-state index >= 15 is 0 Å². The molecule has 1 aliphatic rings. The molecule has 2 rings (SSSR count). The zero-order valence-corrected chi connectivity index (χ0v) is 16.3. The number of benzene rings is 1. The predicted octanol–water partition coefficient (Wildman–Crippen LogP) is 4.43. The van der Waals surface area contributed by atoms with E-state index in [1.807, 2.05) is 13.8 Å². The summed E-state index contributed by atoms with van der Waals surface area (Å²) in [6.45, 7) is 10.1. The summed E-state index contributed by atoms with van der Waals surface area (Å²) in [4.78, 5) is 12.4. The second-order valence-corrected chi connectivity index (χ2v) is 5.58. The van der Waals surface area contributed by atoms with Gasteiger partial charge in [0.1, 0.15) is 0 Å². The number of aliphatic hydroxyl groups excluding tert-OH is 1. The number of fused-ring (bicyclic) bond motifs is 1. The van der Waals surface area contributed by atoms with E-state index in [9.17, 15) is 9.90 Å². The fourth-order valence-corrected chi connectivity index (χ4v) is 2.82. The Morgan fingerprint density at radius 1 is 1.05 bits per heavy atom. The summed E-state index contributed by atoms with van der Waals surface area (Å²) in [5, 5.41) is 9.47. The van der Waals surface area contributed by atoms with E-state index in [1.54, 1.807) is 0 Å². The summed E-state index contributed by atoms with van der Waals surface area (Å²) < 4.78 is 0. The van der Waals surface area contributed by atoms with Gasteiger partial charge in [-0.25, -0.2) is 0 Å². The van der Waals surface area contributed by atoms with E-state index in [4.69, 9.17) is 0 Å². The van der Waals surface area contributed by atoms with Gasteiger partial charge in [-0.2, -0.15) is 0 Å². The van der Waals surface area contributed by atoms with Crippen LogP contribution in [0, 0.1) is 33.1 Å². The maximum Gasteiger partial charge on any atom is 0.171 e. The third kappa shape index (κ3) is 2.72. The molecule has 1 atom stereocenters. The first-order valence-electron chi connectivity index (χ1n) is 6.22. The van der Waals surface area contributed by atoms with Crippen LogP contribution in [-0.4, -0.2) is 17.5 Å².